The molecule has 0 aliphatic rings. The average molecular weight is 145 g/mol. The smallest absolute Gasteiger partial charge is 0.423 e. The highest BCUT2D eigenvalue weighted by Gasteiger charge is 2.15. The fourth-order valence-electron chi connectivity index (χ4n) is 0.736. The van der Waals surface area contributed by atoms with Gasteiger partial charge in [-0.15, -0.1) is 0 Å². The molecule has 3 heteroatoms. The van der Waals surface area contributed by atoms with E-state index in [2.05, 4.69) is 13.8 Å². The zero-order valence-corrected chi connectivity index (χ0v) is 8.00. The van der Waals surface area contributed by atoms with Crippen LogP contribution in [0.2, 0.25) is 10.6 Å². The predicted molar refractivity (Wildman–Crippen MR) is 41.5 cm³/mol. The Morgan fingerprint density at radius 1 is 1.22 bits per heavy atom. The molecule has 0 heterocycles. The van der Waals surface area contributed by atoms with Gasteiger partial charge in [-0.05, 0) is 0 Å². The van der Waals surface area contributed by atoms with Crippen LogP contribution in [0.25, 0.3) is 0 Å². The van der Waals surface area contributed by atoms with Crippen LogP contribution in [0, 0.1) is 0 Å². The Morgan fingerprint density at radius 3 is 1.78 bits per heavy atom. The van der Waals surface area contributed by atoms with Crippen LogP contribution in [0.5, 0.6) is 0 Å². The van der Waals surface area contributed by atoms with Gasteiger partial charge in [0.05, 0.1) is 0 Å². The maximum atomic E-state index is 5.52. The van der Waals surface area contributed by atoms with Crippen molar-refractivity contribution in [2.75, 3.05) is 14.1 Å². The monoisotopic (exact) mass is 145 g/mol. The van der Waals surface area contributed by atoms with Crippen LogP contribution in [0.1, 0.15) is 13.8 Å². The first-order chi connectivity index (χ1) is 4.20. The van der Waals surface area contributed by atoms with Crippen LogP contribution in [-0.2, 0) is 3.89 Å². The molecule has 0 rings (SSSR count). The van der Waals surface area contributed by atoms with E-state index < -0.39 is 14.5 Å². The molecule has 2 nitrogen and oxygen atoms in total. The molecule has 9 heavy (non-hydrogen) atoms. The van der Waals surface area contributed by atoms with Gasteiger partial charge in [0.1, 0.15) is 0 Å². The van der Waals surface area contributed by atoms with E-state index in [1.807, 2.05) is 19.2 Å². The van der Waals surface area contributed by atoms with E-state index in [-0.39, 0.29) is 0 Å². The summed E-state index contributed by atoms with van der Waals surface area (Å²) in [4.78, 5) is 0. The minimum Gasteiger partial charge on any atom is -0.423 e. The molecule has 0 aliphatic heterocycles. The average Bonchev–Trinajstić information content (AvgIpc) is 1.82. The topological polar surface area (TPSA) is 12.5 Å². The van der Waals surface area contributed by atoms with Crippen molar-refractivity contribution in [1.82, 2.24) is 5.06 Å². The predicted octanol–water partition coefficient (Wildman–Crippen LogP) is 1.51. The Labute approximate surface area is 62.5 Å². The van der Waals surface area contributed by atoms with Crippen LogP contribution < -0.4 is 0 Å². The maximum absolute atomic E-state index is 5.52. The Kier molecular flexibility index (Phi) is 5.52. The molecule has 0 aromatic rings. The summed E-state index contributed by atoms with van der Waals surface area (Å²) in [6.07, 6.45) is 0. The fraction of sp³-hybridized carbons (Fsp3) is 1.00. The molecule has 0 N–H and O–H groups in total. The van der Waals surface area contributed by atoms with E-state index in [9.17, 15) is 0 Å². The minimum absolute atomic E-state index is 0.824. The Hall–Kier alpha value is 0.452. The number of nitrogens with zero attached hydrogens (tertiary/aromatic N) is 1. The second kappa shape index (κ2) is 5.25. The van der Waals surface area contributed by atoms with Gasteiger partial charge in [0.25, 0.3) is 0 Å². The molecule has 0 radical (unpaired) electrons. The third-order valence-corrected chi connectivity index (χ3v) is 3.81. The van der Waals surface area contributed by atoms with Crippen molar-refractivity contribution in [2.45, 2.75) is 24.4 Å². The Bertz CT molecular complexity index is 64.1. The van der Waals surface area contributed by atoms with Crippen LogP contribution >= 0.6 is 0 Å². The second-order valence-corrected chi connectivity index (χ2v) is 5.44. The van der Waals surface area contributed by atoms with Gasteiger partial charge in [-0.3, -0.25) is 0 Å². The standard InChI is InChI=1S/C2H6NO.2C2H5.Al/c1-3(2)4;2*1-2;/h1-2H3;2*1H2,2H3;/q-1;;;+1. The van der Waals surface area contributed by atoms with Crippen molar-refractivity contribution in [2.24, 2.45) is 0 Å². The zero-order valence-electron chi connectivity index (χ0n) is 6.85. The Morgan fingerprint density at radius 2 is 1.67 bits per heavy atom. The van der Waals surface area contributed by atoms with E-state index in [1.165, 1.54) is 10.6 Å². The van der Waals surface area contributed by atoms with Crippen molar-refractivity contribution in [3.8, 4) is 0 Å². The van der Waals surface area contributed by atoms with Crippen LogP contribution in [0.4, 0.5) is 0 Å². The van der Waals surface area contributed by atoms with Gasteiger partial charge in [0.15, 0.2) is 0 Å². The SMILES string of the molecule is C[CH2][Al]([CH2]C)[O]N(C)C. The Balaban J connectivity index is 3.31. The van der Waals surface area contributed by atoms with Crippen molar-refractivity contribution in [3.63, 3.8) is 0 Å². The highest BCUT2D eigenvalue weighted by molar-refractivity contribution is 6.51. The van der Waals surface area contributed by atoms with Crippen molar-refractivity contribution >= 4 is 14.5 Å². The lowest BCUT2D eigenvalue weighted by Crippen LogP contribution is -2.25. The van der Waals surface area contributed by atoms with E-state index in [0.29, 0.717) is 0 Å². The van der Waals surface area contributed by atoms with Gasteiger partial charge < -0.3 is 3.89 Å². The molecule has 0 aromatic heterocycles. The van der Waals surface area contributed by atoms with Gasteiger partial charge in [-0.25, -0.2) is 5.06 Å². The molecule has 0 fully saturated rings. The lowest BCUT2D eigenvalue weighted by molar-refractivity contribution is -0.00816. The minimum atomic E-state index is -0.824. The molecule has 0 atom stereocenters. The lowest BCUT2D eigenvalue weighted by atomic mass is 10.9. The van der Waals surface area contributed by atoms with E-state index in [4.69, 9.17) is 3.89 Å². The molecular weight excluding hydrogens is 129 g/mol. The number of hydrogen-bond acceptors (Lipinski definition) is 2. The highest BCUT2D eigenvalue weighted by Crippen LogP contribution is 1.99. The van der Waals surface area contributed by atoms with Crippen molar-refractivity contribution < 1.29 is 3.89 Å². The van der Waals surface area contributed by atoms with Crippen LogP contribution in [0.3, 0.4) is 0 Å². The summed E-state index contributed by atoms with van der Waals surface area (Å²) in [5.41, 5.74) is 0. The normalized spacial score (nSPS) is 10.3. The fourth-order valence-corrected chi connectivity index (χ4v) is 2.21. The third-order valence-electron chi connectivity index (χ3n) is 1.27. The van der Waals surface area contributed by atoms with Crippen molar-refractivity contribution in [3.05, 3.63) is 0 Å². The summed E-state index contributed by atoms with van der Waals surface area (Å²) in [6, 6.07) is 0. The molecule has 0 amide bonds. The molecule has 0 aromatic carbocycles. The first-order valence-corrected chi connectivity index (χ1v) is 5.65. The first-order valence-electron chi connectivity index (χ1n) is 3.54. The highest BCUT2D eigenvalue weighted by atomic mass is 27.2. The van der Waals surface area contributed by atoms with Gasteiger partial charge in [-0.1, -0.05) is 24.4 Å². The molecule has 0 saturated heterocycles. The molecular formula is C6H16AlNO. The van der Waals surface area contributed by atoms with Crippen LogP contribution in [0.15, 0.2) is 0 Å². The summed E-state index contributed by atoms with van der Waals surface area (Å²) in [6.45, 7) is 4.40. The summed E-state index contributed by atoms with van der Waals surface area (Å²) < 4.78 is 5.52. The molecule has 54 valence electrons. The van der Waals surface area contributed by atoms with E-state index >= 15 is 0 Å². The van der Waals surface area contributed by atoms with Gasteiger partial charge in [-0.2, -0.15) is 0 Å². The summed E-state index contributed by atoms with van der Waals surface area (Å²) in [5, 5.41) is 4.28. The summed E-state index contributed by atoms with van der Waals surface area (Å²) in [7, 11) is 3.90. The molecule has 0 unspecified atom stereocenters. The number of hydroxylamine groups is 2. The van der Waals surface area contributed by atoms with Crippen molar-refractivity contribution in [1.29, 1.82) is 0 Å². The summed E-state index contributed by atoms with van der Waals surface area (Å²) in [5.74, 6) is 0. The van der Waals surface area contributed by atoms with Gasteiger partial charge in [0, 0.05) is 14.1 Å². The number of rotatable bonds is 4. The van der Waals surface area contributed by atoms with E-state index in [1.54, 1.807) is 0 Å². The van der Waals surface area contributed by atoms with E-state index in [0.717, 1.165) is 0 Å². The largest absolute Gasteiger partial charge is 0.486 e. The van der Waals surface area contributed by atoms with Crippen LogP contribution in [-0.4, -0.2) is 33.6 Å². The summed E-state index contributed by atoms with van der Waals surface area (Å²) >= 11 is -0.824. The molecule has 0 bridgehead atoms. The molecule has 0 spiro atoms. The van der Waals surface area contributed by atoms with Gasteiger partial charge >= 0.3 is 14.5 Å². The maximum Gasteiger partial charge on any atom is 0.486 e. The molecule has 0 saturated carbocycles. The zero-order chi connectivity index (χ0) is 7.28. The number of hydrogen-bond donors (Lipinski definition) is 0. The quantitative estimate of drug-likeness (QED) is 0.439. The first kappa shape index (κ1) is 9.45. The molecule has 0 aliphatic carbocycles. The third kappa shape index (κ3) is 4.93. The second-order valence-electron chi connectivity index (χ2n) is 2.36. The lowest BCUT2D eigenvalue weighted by Gasteiger charge is -2.15. The van der Waals surface area contributed by atoms with Gasteiger partial charge in [0.2, 0.25) is 0 Å².